The second-order valence-electron chi connectivity index (χ2n) is 5.12. The molecule has 2 rings (SSSR count). The first-order valence-electron chi connectivity index (χ1n) is 7.18. The number of hydrogen-bond acceptors (Lipinski definition) is 4. The molecule has 6 heteroatoms. The van der Waals surface area contributed by atoms with Gasteiger partial charge in [-0.15, -0.1) is 10.2 Å². The lowest BCUT2D eigenvalue weighted by Crippen LogP contribution is -2.32. The summed E-state index contributed by atoms with van der Waals surface area (Å²) in [7, 11) is 0. The van der Waals surface area contributed by atoms with Gasteiger partial charge < -0.3 is 10.6 Å². The fraction of sp³-hybridized carbons (Fsp3) is 0.312. The van der Waals surface area contributed by atoms with E-state index < -0.39 is 0 Å². The van der Waals surface area contributed by atoms with Crippen molar-refractivity contribution in [3.05, 3.63) is 46.6 Å². The first-order chi connectivity index (χ1) is 10.5. The smallest absolute Gasteiger partial charge is 0.272 e. The number of nitrogens with one attached hydrogen (secondary N) is 2. The van der Waals surface area contributed by atoms with Crippen LogP contribution in [0.5, 0.6) is 0 Å². The van der Waals surface area contributed by atoms with Crippen molar-refractivity contribution in [2.24, 2.45) is 0 Å². The van der Waals surface area contributed by atoms with E-state index in [1.54, 1.807) is 12.1 Å². The van der Waals surface area contributed by atoms with Crippen LogP contribution in [-0.4, -0.2) is 22.1 Å². The van der Waals surface area contributed by atoms with E-state index >= 15 is 0 Å². The van der Waals surface area contributed by atoms with Crippen molar-refractivity contribution < 1.29 is 4.79 Å². The quantitative estimate of drug-likeness (QED) is 0.882. The topological polar surface area (TPSA) is 66.9 Å². The van der Waals surface area contributed by atoms with Gasteiger partial charge in [0.1, 0.15) is 0 Å². The van der Waals surface area contributed by atoms with Gasteiger partial charge in [0.25, 0.3) is 5.91 Å². The van der Waals surface area contributed by atoms with E-state index in [4.69, 9.17) is 11.6 Å². The molecule has 1 unspecified atom stereocenters. The van der Waals surface area contributed by atoms with Crippen molar-refractivity contribution in [1.82, 2.24) is 15.5 Å². The van der Waals surface area contributed by atoms with E-state index in [0.717, 1.165) is 17.7 Å². The highest BCUT2D eigenvalue weighted by Gasteiger charge is 2.11. The van der Waals surface area contributed by atoms with Gasteiger partial charge >= 0.3 is 0 Å². The molecule has 1 aromatic carbocycles. The number of halogens is 1. The van der Waals surface area contributed by atoms with Gasteiger partial charge in [-0.3, -0.25) is 4.79 Å². The maximum absolute atomic E-state index is 11.9. The summed E-state index contributed by atoms with van der Waals surface area (Å²) >= 11 is 6.08. The van der Waals surface area contributed by atoms with Gasteiger partial charge in [-0.05, 0) is 50.1 Å². The van der Waals surface area contributed by atoms with E-state index in [1.165, 1.54) is 0 Å². The summed E-state index contributed by atoms with van der Waals surface area (Å²) in [6.07, 6.45) is 0.868. The summed E-state index contributed by atoms with van der Waals surface area (Å²) in [6.45, 7) is 5.88. The van der Waals surface area contributed by atoms with Gasteiger partial charge in [-0.1, -0.05) is 24.6 Å². The number of hydrogen-bond donors (Lipinski definition) is 2. The zero-order chi connectivity index (χ0) is 16.1. The highest BCUT2D eigenvalue weighted by molar-refractivity contribution is 6.31. The third kappa shape index (κ3) is 3.95. The van der Waals surface area contributed by atoms with Crippen molar-refractivity contribution in [2.45, 2.75) is 33.2 Å². The Labute approximate surface area is 135 Å². The van der Waals surface area contributed by atoms with Crippen LogP contribution in [0.25, 0.3) is 0 Å². The zero-order valence-electron chi connectivity index (χ0n) is 12.9. The van der Waals surface area contributed by atoms with Gasteiger partial charge in [-0.25, -0.2) is 0 Å². The number of carbonyl (C=O) groups excluding carboxylic acids is 1. The van der Waals surface area contributed by atoms with Crippen molar-refractivity contribution in [3.63, 3.8) is 0 Å². The number of nitrogens with zero attached hydrogens (tertiary/aromatic N) is 2. The van der Waals surface area contributed by atoms with Crippen LogP contribution in [0.2, 0.25) is 5.02 Å². The van der Waals surface area contributed by atoms with Crippen molar-refractivity contribution in [1.29, 1.82) is 0 Å². The van der Waals surface area contributed by atoms with Crippen LogP contribution >= 0.6 is 11.6 Å². The molecule has 2 N–H and O–H groups in total. The number of amides is 1. The summed E-state index contributed by atoms with van der Waals surface area (Å²) in [6, 6.07) is 9.08. The van der Waals surface area contributed by atoms with Crippen molar-refractivity contribution in [2.75, 3.05) is 5.32 Å². The maximum atomic E-state index is 11.9. The van der Waals surface area contributed by atoms with Crippen LogP contribution < -0.4 is 10.6 Å². The Morgan fingerprint density at radius 1 is 1.27 bits per heavy atom. The Kier molecular flexibility index (Phi) is 5.33. The number of anilines is 2. The summed E-state index contributed by atoms with van der Waals surface area (Å²) in [5.41, 5.74) is 2.09. The van der Waals surface area contributed by atoms with E-state index in [-0.39, 0.29) is 11.9 Å². The Morgan fingerprint density at radius 3 is 2.68 bits per heavy atom. The minimum absolute atomic E-state index is 0.112. The third-order valence-corrected chi connectivity index (χ3v) is 3.83. The Balaban J connectivity index is 2.09. The van der Waals surface area contributed by atoms with E-state index in [9.17, 15) is 4.79 Å². The standard InChI is InChI=1S/C16H19ClN4O/c1-4-10(2)18-16(22)14-8-9-15(21-20-14)19-13-7-5-6-12(17)11(13)3/h5-10H,4H2,1-3H3,(H,18,22)(H,19,21). The highest BCUT2D eigenvalue weighted by atomic mass is 35.5. The first-order valence-corrected chi connectivity index (χ1v) is 7.55. The molecule has 0 saturated carbocycles. The minimum Gasteiger partial charge on any atom is -0.348 e. The van der Waals surface area contributed by atoms with Gasteiger partial charge in [0.2, 0.25) is 0 Å². The molecule has 0 aliphatic heterocycles. The Bertz CT molecular complexity index is 658. The SMILES string of the molecule is CCC(C)NC(=O)c1ccc(Nc2cccc(Cl)c2C)nn1. The minimum atomic E-state index is -0.215. The van der Waals surface area contributed by atoms with Gasteiger partial charge in [0.05, 0.1) is 0 Å². The summed E-state index contributed by atoms with van der Waals surface area (Å²) in [5.74, 6) is 0.345. The molecule has 0 aliphatic carbocycles. The van der Waals surface area contributed by atoms with Crippen LogP contribution in [0.15, 0.2) is 30.3 Å². The predicted molar refractivity (Wildman–Crippen MR) is 88.7 cm³/mol. The van der Waals surface area contributed by atoms with E-state index in [0.29, 0.717) is 16.5 Å². The molecule has 22 heavy (non-hydrogen) atoms. The molecule has 0 saturated heterocycles. The largest absolute Gasteiger partial charge is 0.348 e. The lowest BCUT2D eigenvalue weighted by molar-refractivity contribution is 0.0933. The molecule has 0 radical (unpaired) electrons. The molecule has 1 atom stereocenters. The molecule has 1 aromatic heterocycles. The summed E-state index contributed by atoms with van der Waals surface area (Å²) in [4.78, 5) is 11.9. The normalized spacial score (nSPS) is 11.8. The number of benzene rings is 1. The maximum Gasteiger partial charge on any atom is 0.272 e. The molecule has 2 aromatic rings. The zero-order valence-corrected chi connectivity index (χ0v) is 13.6. The molecule has 5 nitrogen and oxygen atoms in total. The second-order valence-corrected chi connectivity index (χ2v) is 5.53. The first kappa shape index (κ1) is 16.2. The Morgan fingerprint density at radius 2 is 2.05 bits per heavy atom. The summed E-state index contributed by atoms with van der Waals surface area (Å²) < 4.78 is 0. The van der Waals surface area contributed by atoms with Gasteiger partial charge in [-0.2, -0.15) is 0 Å². The molecular weight excluding hydrogens is 300 g/mol. The fourth-order valence-corrected chi connectivity index (χ4v) is 1.98. The van der Waals surface area contributed by atoms with Crippen LogP contribution in [0.3, 0.4) is 0 Å². The van der Waals surface area contributed by atoms with Crippen molar-refractivity contribution in [3.8, 4) is 0 Å². The molecule has 0 aliphatic rings. The second kappa shape index (κ2) is 7.22. The molecule has 0 fully saturated rings. The predicted octanol–water partition coefficient (Wildman–Crippen LogP) is 3.71. The fourth-order valence-electron chi connectivity index (χ4n) is 1.80. The highest BCUT2D eigenvalue weighted by Crippen LogP contribution is 2.25. The van der Waals surface area contributed by atoms with E-state index in [2.05, 4.69) is 20.8 Å². The molecule has 1 heterocycles. The van der Waals surface area contributed by atoms with Crippen LogP contribution in [-0.2, 0) is 0 Å². The van der Waals surface area contributed by atoms with Crippen molar-refractivity contribution >= 4 is 29.0 Å². The van der Waals surface area contributed by atoms with Gasteiger partial charge in [0.15, 0.2) is 11.5 Å². The molecule has 116 valence electrons. The molecule has 0 spiro atoms. The number of rotatable bonds is 5. The lowest BCUT2D eigenvalue weighted by atomic mass is 10.2. The average molecular weight is 319 g/mol. The molecule has 1 amide bonds. The molecule has 0 bridgehead atoms. The van der Waals surface area contributed by atoms with Crippen LogP contribution in [0.1, 0.15) is 36.3 Å². The monoisotopic (exact) mass is 318 g/mol. The third-order valence-electron chi connectivity index (χ3n) is 3.42. The number of aromatic nitrogens is 2. The number of carbonyl (C=O) groups is 1. The Hall–Kier alpha value is -2.14. The van der Waals surface area contributed by atoms with Crippen LogP contribution in [0.4, 0.5) is 11.5 Å². The van der Waals surface area contributed by atoms with E-state index in [1.807, 2.05) is 39.0 Å². The van der Waals surface area contributed by atoms with Crippen LogP contribution in [0, 0.1) is 6.92 Å². The summed E-state index contributed by atoms with van der Waals surface area (Å²) in [5, 5.41) is 14.7. The molecular formula is C16H19ClN4O. The average Bonchev–Trinajstić information content (AvgIpc) is 2.52. The lowest BCUT2D eigenvalue weighted by Gasteiger charge is -2.11. The van der Waals surface area contributed by atoms with Gasteiger partial charge in [0, 0.05) is 16.8 Å².